The Hall–Kier alpha value is -0.970. The Morgan fingerprint density at radius 1 is 1.44 bits per heavy atom. The van der Waals surface area contributed by atoms with Gasteiger partial charge in [-0.2, -0.15) is 0 Å². The molecule has 1 N–H and O–H groups in total. The van der Waals surface area contributed by atoms with Crippen LogP contribution in [0.2, 0.25) is 5.02 Å². The lowest BCUT2D eigenvalue weighted by molar-refractivity contribution is 0.631. The van der Waals surface area contributed by atoms with Crippen LogP contribution in [0.25, 0.3) is 10.6 Å². The second-order valence-corrected chi connectivity index (χ2v) is 5.67. The number of rotatable bonds is 4. The number of nitrogens with one attached hydrogen (secondary N) is 1. The Bertz CT molecular complexity index is 566. The largest absolute Gasteiger partial charge is 0.308 e. The number of nitrogens with zero attached hydrogens (tertiary/aromatic N) is 1. The van der Waals surface area contributed by atoms with Crippen LogP contribution in [-0.4, -0.2) is 11.0 Å². The highest BCUT2D eigenvalue weighted by atomic mass is 35.5. The summed E-state index contributed by atoms with van der Waals surface area (Å²) in [6.07, 6.45) is 2.50. The van der Waals surface area contributed by atoms with Crippen molar-refractivity contribution in [2.45, 2.75) is 25.4 Å². The lowest BCUT2D eigenvalue weighted by Crippen LogP contribution is -2.15. The molecule has 5 heteroatoms. The van der Waals surface area contributed by atoms with E-state index in [1.807, 2.05) is 5.38 Å². The van der Waals surface area contributed by atoms with Crippen LogP contribution in [0.5, 0.6) is 0 Å². The Morgan fingerprint density at radius 3 is 3.06 bits per heavy atom. The fourth-order valence-electron chi connectivity index (χ4n) is 1.72. The van der Waals surface area contributed by atoms with Crippen LogP contribution in [0.3, 0.4) is 0 Å². The first-order valence-electron chi connectivity index (χ1n) is 5.86. The first kappa shape index (κ1) is 12.1. The summed E-state index contributed by atoms with van der Waals surface area (Å²) in [4.78, 5) is 4.44. The first-order chi connectivity index (χ1) is 8.74. The minimum atomic E-state index is -0.393. The van der Waals surface area contributed by atoms with Crippen molar-refractivity contribution in [2.24, 2.45) is 0 Å². The maximum absolute atomic E-state index is 13.8. The molecule has 18 heavy (non-hydrogen) atoms. The van der Waals surface area contributed by atoms with Gasteiger partial charge in [0.2, 0.25) is 0 Å². The van der Waals surface area contributed by atoms with E-state index in [4.69, 9.17) is 11.6 Å². The fraction of sp³-hybridized carbons (Fsp3) is 0.308. The Kier molecular flexibility index (Phi) is 3.33. The monoisotopic (exact) mass is 282 g/mol. The van der Waals surface area contributed by atoms with Gasteiger partial charge in [-0.05, 0) is 25.0 Å². The standard InChI is InChI=1S/C13H12ClFN2S/c14-11-3-1-2-10(12(11)15)13-17-9(7-18-13)6-16-8-4-5-8/h1-3,7-8,16H,4-6H2. The van der Waals surface area contributed by atoms with E-state index < -0.39 is 5.82 Å². The maximum atomic E-state index is 13.8. The highest BCUT2D eigenvalue weighted by Crippen LogP contribution is 2.30. The highest BCUT2D eigenvalue weighted by molar-refractivity contribution is 7.13. The topological polar surface area (TPSA) is 24.9 Å². The summed E-state index contributed by atoms with van der Waals surface area (Å²) in [6.45, 7) is 0.753. The third kappa shape index (κ3) is 2.55. The Morgan fingerprint density at radius 2 is 2.28 bits per heavy atom. The molecule has 1 saturated carbocycles. The number of hydrogen-bond acceptors (Lipinski definition) is 3. The summed E-state index contributed by atoms with van der Waals surface area (Å²) < 4.78 is 13.8. The molecule has 2 nitrogen and oxygen atoms in total. The number of aromatic nitrogens is 1. The number of hydrogen-bond donors (Lipinski definition) is 1. The SMILES string of the molecule is Fc1c(Cl)cccc1-c1nc(CNC2CC2)cs1. The average molecular weight is 283 g/mol. The molecule has 2 aromatic rings. The minimum Gasteiger partial charge on any atom is -0.308 e. The third-order valence-corrected chi connectivity index (χ3v) is 4.10. The van der Waals surface area contributed by atoms with Crippen LogP contribution < -0.4 is 5.32 Å². The molecule has 0 saturated heterocycles. The zero-order chi connectivity index (χ0) is 12.5. The van der Waals surface area contributed by atoms with Crippen molar-refractivity contribution in [1.29, 1.82) is 0 Å². The molecule has 0 spiro atoms. The molecule has 1 aromatic carbocycles. The molecule has 0 radical (unpaired) electrons. The molecule has 0 amide bonds. The zero-order valence-corrected chi connectivity index (χ0v) is 11.2. The molecule has 0 aliphatic heterocycles. The molecule has 1 fully saturated rings. The number of thiazole rings is 1. The molecular weight excluding hydrogens is 271 g/mol. The molecule has 0 bridgehead atoms. The van der Waals surface area contributed by atoms with Gasteiger partial charge >= 0.3 is 0 Å². The van der Waals surface area contributed by atoms with E-state index in [0.717, 1.165) is 12.2 Å². The van der Waals surface area contributed by atoms with Crippen molar-refractivity contribution >= 4 is 22.9 Å². The van der Waals surface area contributed by atoms with Crippen molar-refractivity contribution in [2.75, 3.05) is 0 Å². The molecule has 0 unspecified atom stereocenters. The quantitative estimate of drug-likeness (QED) is 0.921. The van der Waals surface area contributed by atoms with Crippen molar-refractivity contribution in [3.8, 4) is 10.6 Å². The van der Waals surface area contributed by atoms with E-state index >= 15 is 0 Å². The molecule has 1 heterocycles. The maximum Gasteiger partial charge on any atom is 0.152 e. The summed E-state index contributed by atoms with van der Waals surface area (Å²) in [5.74, 6) is -0.393. The Balaban J connectivity index is 1.80. The van der Waals surface area contributed by atoms with E-state index in [9.17, 15) is 4.39 Å². The summed E-state index contributed by atoms with van der Waals surface area (Å²) in [5, 5.41) is 6.17. The number of halogens is 2. The van der Waals surface area contributed by atoms with Gasteiger partial charge in [0.1, 0.15) is 5.01 Å². The molecule has 1 aromatic heterocycles. The van der Waals surface area contributed by atoms with Gasteiger partial charge in [0.15, 0.2) is 5.82 Å². The lowest BCUT2D eigenvalue weighted by atomic mass is 10.2. The van der Waals surface area contributed by atoms with Crippen molar-refractivity contribution in [3.63, 3.8) is 0 Å². The normalized spacial score (nSPS) is 15.0. The van der Waals surface area contributed by atoms with Crippen LogP contribution in [0, 0.1) is 5.82 Å². The molecule has 94 valence electrons. The third-order valence-electron chi connectivity index (χ3n) is 2.88. The fourth-order valence-corrected chi connectivity index (χ4v) is 2.73. The zero-order valence-electron chi connectivity index (χ0n) is 9.62. The average Bonchev–Trinajstić information content (AvgIpc) is 3.08. The van der Waals surface area contributed by atoms with E-state index in [1.165, 1.54) is 24.2 Å². The van der Waals surface area contributed by atoms with E-state index in [-0.39, 0.29) is 5.02 Å². The van der Waals surface area contributed by atoms with Gasteiger partial charge < -0.3 is 5.32 Å². The van der Waals surface area contributed by atoms with Gasteiger partial charge in [-0.3, -0.25) is 0 Å². The molecule has 0 atom stereocenters. The van der Waals surface area contributed by atoms with Gasteiger partial charge in [0.25, 0.3) is 0 Å². The van der Waals surface area contributed by atoms with Gasteiger partial charge in [0.05, 0.1) is 10.7 Å². The number of benzene rings is 1. The summed E-state index contributed by atoms with van der Waals surface area (Å²) >= 11 is 7.22. The van der Waals surface area contributed by atoms with Gasteiger partial charge in [-0.1, -0.05) is 17.7 Å². The van der Waals surface area contributed by atoms with Crippen molar-refractivity contribution in [1.82, 2.24) is 10.3 Å². The highest BCUT2D eigenvalue weighted by Gasteiger charge is 2.20. The summed E-state index contributed by atoms with van der Waals surface area (Å²) in [7, 11) is 0. The lowest BCUT2D eigenvalue weighted by Gasteiger charge is -2.00. The minimum absolute atomic E-state index is 0.139. The van der Waals surface area contributed by atoms with Crippen molar-refractivity contribution < 1.29 is 4.39 Å². The van der Waals surface area contributed by atoms with Crippen LogP contribution in [0.15, 0.2) is 23.6 Å². The van der Waals surface area contributed by atoms with E-state index in [0.29, 0.717) is 16.6 Å². The smallest absolute Gasteiger partial charge is 0.152 e. The molecule has 1 aliphatic carbocycles. The van der Waals surface area contributed by atoms with Gasteiger partial charge in [-0.15, -0.1) is 11.3 Å². The van der Waals surface area contributed by atoms with Crippen LogP contribution >= 0.6 is 22.9 Å². The van der Waals surface area contributed by atoms with Gasteiger partial charge in [-0.25, -0.2) is 9.37 Å². The summed E-state index contributed by atoms with van der Waals surface area (Å²) in [6, 6.07) is 5.64. The van der Waals surface area contributed by atoms with E-state index in [1.54, 1.807) is 18.2 Å². The molecular formula is C13H12ClFN2S. The first-order valence-corrected chi connectivity index (χ1v) is 7.12. The second kappa shape index (κ2) is 4.96. The predicted molar refractivity (Wildman–Crippen MR) is 72.4 cm³/mol. The predicted octanol–water partition coefficient (Wildman–Crippen LogP) is 3.85. The van der Waals surface area contributed by atoms with Crippen LogP contribution in [-0.2, 0) is 6.54 Å². The van der Waals surface area contributed by atoms with Crippen LogP contribution in [0.1, 0.15) is 18.5 Å². The second-order valence-electron chi connectivity index (χ2n) is 4.40. The molecule has 3 rings (SSSR count). The summed E-state index contributed by atoms with van der Waals surface area (Å²) in [5.41, 5.74) is 1.44. The van der Waals surface area contributed by atoms with E-state index in [2.05, 4.69) is 10.3 Å². The van der Waals surface area contributed by atoms with Crippen LogP contribution in [0.4, 0.5) is 4.39 Å². The van der Waals surface area contributed by atoms with Gasteiger partial charge in [0, 0.05) is 23.5 Å². The molecule has 1 aliphatic rings. The van der Waals surface area contributed by atoms with Crippen molar-refractivity contribution in [3.05, 3.63) is 40.1 Å². The Labute approximate surface area is 114 Å².